The van der Waals surface area contributed by atoms with Gasteiger partial charge < -0.3 is 14.8 Å². The first-order valence-electron chi connectivity index (χ1n) is 12.0. The third-order valence-corrected chi connectivity index (χ3v) is 7.63. The van der Waals surface area contributed by atoms with Gasteiger partial charge in [-0.15, -0.1) is 0 Å². The summed E-state index contributed by atoms with van der Waals surface area (Å²) in [6, 6.07) is 24.9. The smallest absolute Gasteiger partial charge is 0.344 e. The first-order chi connectivity index (χ1) is 19.3. The Morgan fingerprint density at radius 3 is 2.48 bits per heavy atom. The molecule has 3 amide bonds. The van der Waals surface area contributed by atoms with Crippen LogP contribution < -0.4 is 14.8 Å². The molecule has 8 nitrogen and oxygen atoms in total. The summed E-state index contributed by atoms with van der Waals surface area (Å²) >= 11 is 2.90. The van der Waals surface area contributed by atoms with E-state index < -0.39 is 29.6 Å². The summed E-state index contributed by atoms with van der Waals surface area (Å²) in [4.78, 5) is 51.9. The second-order valence-electron chi connectivity index (χ2n) is 8.65. The van der Waals surface area contributed by atoms with Crippen LogP contribution in [0.15, 0.2) is 89.8 Å². The molecule has 1 N–H and O–H groups in total. The second-order valence-corrected chi connectivity index (χ2v) is 10.9. The van der Waals surface area contributed by atoms with E-state index in [-0.39, 0.29) is 16.4 Å². The number of hydrogen-bond acceptors (Lipinski definition) is 7. The number of nitrogens with zero attached hydrogens (tertiary/aromatic N) is 1. The molecule has 0 unspecified atom stereocenters. The Morgan fingerprint density at radius 2 is 1.70 bits per heavy atom. The van der Waals surface area contributed by atoms with Crippen LogP contribution in [0.5, 0.6) is 11.5 Å². The summed E-state index contributed by atoms with van der Waals surface area (Å²) < 4.78 is 12.1. The van der Waals surface area contributed by atoms with Gasteiger partial charge in [-0.2, -0.15) is 0 Å². The quantitative estimate of drug-likeness (QED) is 0.106. The lowest BCUT2D eigenvalue weighted by Crippen LogP contribution is -2.36. The first-order valence-corrected chi connectivity index (χ1v) is 13.9. The number of carbonyl (C=O) groups is 4. The van der Waals surface area contributed by atoms with Gasteiger partial charge in [0.15, 0.2) is 11.5 Å². The van der Waals surface area contributed by atoms with Gasteiger partial charge in [0.25, 0.3) is 11.1 Å². The van der Waals surface area contributed by atoms with Gasteiger partial charge in [0, 0.05) is 9.26 Å². The van der Waals surface area contributed by atoms with Crippen molar-refractivity contribution in [2.75, 3.05) is 19.0 Å². The summed E-state index contributed by atoms with van der Waals surface area (Å²) in [6.07, 6.45) is 1.53. The van der Waals surface area contributed by atoms with Crippen LogP contribution in [0.25, 0.3) is 16.8 Å². The second kappa shape index (κ2) is 11.9. The van der Waals surface area contributed by atoms with E-state index in [4.69, 9.17) is 9.47 Å². The topological polar surface area (TPSA) is 102 Å². The largest absolute Gasteiger partial charge is 0.493 e. The number of esters is 1. The maximum atomic E-state index is 13.0. The minimum absolute atomic E-state index is 0.162. The SMILES string of the molecule is COc1cc(/C=C2\SC(=O)N(CC(=O)Nc3ccc(I)cc3)C2=O)ccc1OC(=O)c1cccc2ccccc12. The molecule has 200 valence electrons. The van der Waals surface area contributed by atoms with Crippen LogP contribution in [-0.2, 0) is 9.59 Å². The predicted molar refractivity (Wildman–Crippen MR) is 162 cm³/mol. The zero-order chi connectivity index (χ0) is 28.2. The Hall–Kier alpha value is -4.16. The molecule has 0 radical (unpaired) electrons. The summed E-state index contributed by atoms with van der Waals surface area (Å²) in [5.74, 6) is -1.11. The van der Waals surface area contributed by atoms with Gasteiger partial charge >= 0.3 is 5.97 Å². The highest BCUT2D eigenvalue weighted by Crippen LogP contribution is 2.35. The van der Waals surface area contributed by atoms with Crippen LogP contribution in [-0.4, -0.2) is 41.6 Å². The van der Waals surface area contributed by atoms with E-state index in [1.165, 1.54) is 13.2 Å². The highest BCUT2D eigenvalue weighted by molar-refractivity contribution is 14.1. The van der Waals surface area contributed by atoms with E-state index in [0.29, 0.717) is 16.8 Å². The number of rotatable bonds is 7. The van der Waals surface area contributed by atoms with Crippen molar-refractivity contribution in [1.82, 2.24) is 4.90 Å². The Morgan fingerprint density at radius 1 is 0.950 bits per heavy atom. The normalized spacial score (nSPS) is 14.1. The van der Waals surface area contributed by atoms with Crippen molar-refractivity contribution in [3.05, 3.63) is 105 Å². The minimum atomic E-state index is -0.571. The van der Waals surface area contributed by atoms with Crippen molar-refractivity contribution in [1.29, 1.82) is 0 Å². The summed E-state index contributed by atoms with van der Waals surface area (Å²) in [7, 11) is 1.44. The van der Waals surface area contributed by atoms with Gasteiger partial charge in [-0.3, -0.25) is 19.3 Å². The fourth-order valence-corrected chi connectivity index (χ4v) is 5.28. The van der Waals surface area contributed by atoms with E-state index >= 15 is 0 Å². The molecule has 0 aromatic heterocycles. The van der Waals surface area contributed by atoms with Crippen molar-refractivity contribution < 1.29 is 28.7 Å². The molecule has 4 aromatic carbocycles. The summed E-state index contributed by atoms with van der Waals surface area (Å²) in [5.41, 5.74) is 1.54. The summed E-state index contributed by atoms with van der Waals surface area (Å²) in [5, 5.41) is 3.83. The molecule has 40 heavy (non-hydrogen) atoms. The van der Waals surface area contributed by atoms with Gasteiger partial charge in [0.1, 0.15) is 6.54 Å². The number of methoxy groups -OCH3 is 1. The Labute approximate surface area is 247 Å². The minimum Gasteiger partial charge on any atom is -0.493 e. The fraction of sp³-hybridized carbons (Fsp3) is 0.0667. The van der Waals surface area contributed by atoms with Gasteiger partial charge in [0.2, 0.25) is 5.91 Å². The van der Waals surface area contributed by atoms with Crippen molar-refractivity contribution >= 4 is 79.9 Å². The highest BCUT2D eigenvalue weighted by Gasteiger charge is 2.36. The molecule has 0 bridgehead atoms. The highest BCUT2D eigenvalue weighted by atomic mass is 127. The fourth-order valence-electron chi connectivity index (χ4n) is 4.08. The predicted octanol–water partition coefficient (Wildman–Crippen LogP) is 6.35. The third-order valence-electron chi connectivity index (χ3n) is 6.00. The van der Waals surface area contributed by atoms with Crippen LogP contribution in [0.1, 0.15) is 15.9 Å². The Balaban J connectivity index is 1.29. The number of ether oxygens (including phenoxy) is 2. The molecule has 0 atom stereocenters. The molecule has 0 spiro atoms. The average Bonchev–Trinajstić information content (AvgIpc) is 3.21. The van der Waals surface area contributed by atoms with Crippen molar-refractivity contribution in [3.63, 3.8) is 0 Å². The molecule has 5 rings (SSSR count). The van der Waals surface area contributed by atoms with Crippen LogP contribution >= 0.6 is 34.4 Å². The number of imide groups is 1. The number of amides is 3. The number of thioether (sulfide) groups is 1. The lowest BCUT2D eigenvalue weighted by Gasteiger charge is -2.12. The number of fused-ring (bicyclic) bond motifs is 1. The number of hydrogen-bond donors (Lipinski definition) is 1. The molecule has 1 saturated heterocycles. The molecule has 4 aromatic rings. The number of carbonyl (C=O) groups excluding carboxylic acids is 4. The van der Waals surface area contributed by atoms with Gasteiger partial charge in [-0.25, -0.2) is 4.79 Å². The molecule has 1 aliphatic rings. The lowest BCUT2D eigenvalue weighted by molar-refractivity contribution is -0.127. The van der Waals surface area contributed by atoms with Crippen molar-refractivity contribution in [3.8, 4) is 11.5 Å². The molecule has 1 fully saturated rings. The summed E-state index contributed by atoms with van der Waals surface area (Å²) in [6.45, 7) is -0.402. The molecule has 10 heteroatoms. The van der Waals surface area contributed by atoms with Gasteiger partial charge in [-0.05, 0) is 99.2 Å². The Kier molecular flexibility index (Phi) is 8.17. The van der Waals surface area contributed by atoms with Crippen LogP contribution in [0, 0.1) is 3.57 Å². The monoisotopic (exact) mass is 664 g/mol. The van der Waals surface area contributed by atoms with Gasteiger partial charge in [-0.1, -0.05) is 42.5 Å². The van der Waals surface area contributed by atoms with Crippen LogP contribution in [0.2, 0.25) is 0 Å². The van der Waals surface area contributed by atoms with E-state index in [1.54, 1.807) is 42.5 Å². The van der Waals surface area contributed by atoms with Gasteiger partial charge in [0.05, 0.1) is 17.6 Å². The van der Waals surface area contributed by atoms with E-state index in [2.05, 4.69) is 27.9 Å². The number of nitrogens with one attached hydrogen (secondary N) is 1. The van der Waals surface area contributed by atoms with E-state index in [9.17, 15) is 19.2 Å². The first kappa shape index (κ1) is 27.4. The number of halogens is 1. The molecular weight excluding hydrogens is 643 g/mol. The zero-order valence-corrected chi connectivity index (χ0v) is 24.0. The molecule has 0 saturated carbocycles. The maximum absolute atomic E-state index is 13.0. The van der Waals surface area contributed by atoms with E-state index in [0.717, 1.165) is 31.0 Å². The molecule has 1 aliphatic heterocycles. The molecule has 0 aliphatic carbocycles. The van der Waals surface area contributed by atoms with Crippen molar-refractivity contribution in [2.24, 2.45) is 0 Å². The van der Waals surface area contributed by atoms with Crippen molar-refractivity contribution in [2.45, 2.75) is 0 Å². The average molecular weight is 664 g/mol. The lowest BCUT2D eigenvalue weighted by atomic mass is 10.0. The standard InChI is InChI=1S/C30H21IN2O6S/c1-38-25-15-18(9-14-24(25)39-29(36)23-8-4-6-19-5-2-3-7-22(19)23)16-26-28(35)33(30(37)40-26)17-27(34)32-21-12-10-20(31)11-13-21/h2-16H,17H2,1H3,(H,32,34)/b26-16-. The van der Waals surface area contributed by atoms with Crippen LogP contribution in [0.4, 0.5) is 10.5 Å². The van der Waals surface area contributed by atoms with Crippen LogP contribution in [0.3, 0.4) is 0 Å². The van der Waals surface area contributed by atoms with E-state index in [1.807, 2.05) is 42.5 Å². The zero-order valence-electron chi connectivity index (χ0n) is 21.1. The number of anilines is 1. The number of benzene rings is 4. The molecule has 1 heterocycles. The Bertz CT molecular complexity index is 1680. The maximum Gasteiger partial charge on any atom is 0.344 e. The molecular formula is C30H21IN2O6S. The third kappa shape index (κ3) is 6.02.